The Bertz CT molecular complexity index is 442. The molecule has 1 aromatic rings. The van der Waals surface area contributed by atoms with Crippen molar-refractivity contribution < 1.29 is 30.7 Å². The average molecular weight is 290 g/mol. The first kappa shape index (κ1) is 15.4. The van der Waals surface area contributed by atoms with Gasteiger partial charge in [0.25, 0.3) is 0 Å². The molecular weight excluding hydrogens is 281 g/mol. The molecule has 0 radical (unpaired) electrons. The summed E-state index contributed by atoms with van der Waals surface area (Å²) in [4.78, 5) is 0. The van der Waals surface area contributed by atoms with Gasteiger partial charge in [0.05, 0.1) is 12.1 Å². The van der Waals surface area contributed by atoms with Crippen LogP contribution in [0.3, 0.4) is 0 Å². The van der Waals surface area contributed by atoms with Crippen LogP contribution in [0.15, 0.2) is 18.2 Å². The molecular formula is C10H9F7N2. The second-order valence-corrected chi connectivity index (χ2v) is 3.72. The van der Waals surface area contributed by atoms with Crippen LogP contribution in [-0.4, -0.2) is 18.9 Å². The third kappa shape index (κ3) is 3.90. The fourth-order valence-electron chi connectivity index (χ4n) is 1.21. The SMILES string of the molecule is Nc1ccc(NCC(F)(F)C(F)F)cc1C(F)(F)F. The van der Waals surface area contributed by atoms with Gasteiger partial charge in [0.2, 0.25) is 0 Å². The Kier molecular flexibility index (Phi) is 4.16. The maximum Gasteiger partial charge on any atom is 0.418 e. The number of benzene rings is 1. The summed E-state index contributed by atoms with van der Waals surface area (Å²) < 4.78 is 86.3. The monoisotopic (exact) mass is 290 g/mol. The van der Waals surface area contributed by atoms with Crippen molar-refractivity contribution >= 4 is 11.4 Å². The largest absolute Gasteiger partial charge is 0.418 e. The van der Waals surface area contributed by atoms with Gasteiger partial charge < -0.3 is 11.1 Å². The van der Waals surface area contributed by atoms with Crippen molar-refractivity contribution in [3.8, 4) is 0 Å². The van der Waals surface area contributed by atoms with E-state index in [1.165, 1.54) is 0 Å². The van der Waals surface area contributed by atoms with Gasteiger partial charge in [-0.2, -0.15) is 22.0 Å². The van der Waals surface area contributed by atoms with E-state index in [0.717, 1.165) is 12.1 Å². The molecule has 0 aliphatic heterocycles. The van der Waals surface area contributed by atoms with Crippen LogP contribution in [0, 0.1) is 0 Å². The second kappa shape index (κ2) is 5.14. The van der Waals surface area contributed by atoms with Gasteiger partial charge in [-0.3, -0.25) is 0 Å². The lowest BCUT2D eigenvalue weighted by molar-refractivity contribution is -0.136. The molecule has 2 nitrogen and oxygen atoms in total. The van der Waals surface area contributed by atoms with Crippen LogP contribution in [0.2, 0.25) is 0 Å². The second-order valence-electron chi connectivity index (χ2n) is 3.72. The molecule has 0 fully saturated rings. The summed E-state index contributed by atoms with van der Waals surface area (Å²) in [5.41, 5.74) is 2.91. The number of alkyl halides is 7. The zero-order valence-electron chi connectivity index (χ0n) is 9.24. The van der Waals surface area contributed by atoms with Crippen LogP contribution in [0.25, 0.3) is 0 Å². The molecule has 0 heterocycles. The Balaban J connectivity index is 2.87. The molecule has 0 atom stereocenters. The molecule has 9 heteroatoms. The van der Waals surface area contributed by atoms with Crippen molar-refractivity contribution in [1.29, 1.82) is 0 Å². The highest BCUT2D eigenvalue weighted by molar-refractivity contribution is 5.58. The summed E-state index contributed by atoms with van der Waals surface area (Å²) in [6.07, 6.45) is -8.66. The molecule has 1 rings (SSSR count). The summed E-state index contributed by atoms with van der Waals surface area (Å²) in [5.74, 6) is -4.33. The first-order valence-corrected chi connectivity index (χ1v) is 4.90. The number of rotatable bonds is 4. The molecule has 0 spiro atoms. The Morgan fingerprint density at radius 1 is 1.11 bits per heavy atom. The van der Waals surface area contributed by atoms with Gasteiger partial charge in [0, 0.05) is 11.4 Å². The minimum absolute atomic E-state index is 0.373. The first-order valence-electron chi connectivity index (χ1n) is 4.90. The minimum atomic E-state index is -4.76. The highest BCUT2D eigenvalue weighted by atomic mass is 19.4. The van der Waals surface area contributed by atoms with Gasteiger partial charge >= 0.3 is 18.5 Å². The molecule has 3 N–H and O–H groups in total. The molecule has 0 aromatic heterocycles. The quantitative estimate of drug-likeness (QED) is 0.657. The molecule has 0 saturated carbocycles. The number of nitrogen functional groups attached to an aromatic ring is 1. The minimum Gasteiger partial charge on any atom is -0.398 e. The van der Waals surface area contributed by atoms with Crippen LogP contribution in [0.5, 0.6) is 0 Å². The molecule has 0 unspecified atom stereocenters. The number of hydrogen-bond donors (Lipinski definition) is 2. The zero-order chi connectivity index (χ0) is 14.8. The molecule has 0 bridgehead atoms. The van der Waals surface area contributed by atoms with E-state index in [9.17, 15) is 30.7 Å². The standard InChI is InChI=1S/C10H9F7N2/c11-8(12)9(13,14)4-19-5-1-2-7(18)6(3-5)10(15,16)17/h1-3,8,19H,4,18H2. The summed E-state index contributed by atoms with van der Waals surface area (Å²) in [6.45, 7) is -1.48. The van der Waals surface area contributed by atoms with Gasteiger partial charge in [-0.1, -0.05) is 0 Å². The first-order chi connectivity index (χ1) is 8.54. The van der Waals surface area contributed by atoms with E-state index in [2.05, 4.69) is 0 Å². The molecule has 0 amide bonds. The predicted octanol–water partition coefficient (Wildman–Crippen LogP) is 3.60. The van der Waals surface area contributed by atoms with Gasteiger partial charge in [-0.25, -0.2) is 8.78 Å². The highest BCUT2D eigenvalue weighted by Crippen LogP contribution is 2.35. The lowest BCUT2D eigenvalue weighted by atomic mass is 10.1. The summed E-state index contributed by atoms with van der Waals surface area (Å²) in [7, 11) is 0. The summed E-state index contributed by atoms with van der Waals surface area (Å²) in [6, 6.07) is 2.33. The maximum atomic E-state index is 12.6. The Morgan fingerprint density at radius 2 is 1.68 bits per heavy atom. The van der Waals surface area contributed by atoms with Crippen molar-refractivity contribution in [2.45, 2.75) is 18.5 Å². The van der Waals surface area contributed by atoms with E-state index in [1.807, 2.05) is 5.32 Å². The number of halogens is 7. The van der Waals surface area contributed by atoms with Crippen LogP contribution >= 0.6 is 0 Å². The van der Waals surface area contributed by atoms with Crippen LogP contribution in [0.1, 0.15) is 5.56 Å². The zero-order valence-corrected chi connectivity index (χ0v) is 9.24. The van der Waals surface area contributed by atoms with E-state index in [1.54, 1.807) is 0 Å². The topological polar surface area (TPSA) is 38.0 Å². The predicted molar refractivity (Wildman–Crippen MR) is 55.3 cm³/mol. The van der Waals surface area contributed by atoms with Gasteiger partial charge in [-0.05, 0) is 18.2 Å². The van der Waals surface area contributed by atoms with E-state index in [-0.39, 0.29) is 5.69 Å². The van der Waals surface area contributed by atoms with E-state index in [0.29, 0.717) is 6.07 Å². The Labute approximate surface area is 103 Å². The number of nitrogens with two attached hydrogens (primary N) is 1. The third-order valence-corrected chi connectivity index (χ3v) is 2.21. The number of nitrogens with one attached hydrogen (secondary N) is 1. The van der Waals surface area contributed by atoms with Gasteiger partial charge in [-0.15, -0.1) is 0 Å². The smallest absolute Gasteiger partial charge is 0.398 e. The molecule has 19 heavy (non-hydrogen) atoms. The van der Waals surface area contributed by atoms with Crippen LogP contribution in [-0.2, 0) is 6.18 Å². The Hall–Kier alpha value is -1.67. The molecule has 0 aliphatic carbocycles. The fraction of sp³-hybridized carbons (Fsp3) is 0.400. The lowest BCUT2D eigenvalue weighted by Crippen LogP contribution is -2.34. The summed E-state index contributed by atoms with van der Waals surface area (Å²) in [5, 5.41) is 1.82. The van der Waals surface area contributed by atoms with Crippen molar-refractivity contribution in [1.82, 2.24) is 0 Å². The number of anilines is 2. The molecule has 0 aliphatic rings. The van der Waals surface area contributed by atoms with E-state index >= 15 is 0 Å². The molecule has 1 aromatic carbocycles. The van der Waals surface area contributed by atoms with Gasteiger partial charge in [0.1, 0.15) is 0 Å². The lowest BCUT2D eigenvalue weighted by Gasteiger charge is -2.18. The summed E-state index contributed by atoms with van der Waals surface area (Å²) >= 11 is 0. The van der Waals surface area contributed by atoms with E-state index in [4.69, 9.17) is 5.73 Å². The van der Waals surface area contributed by atoms with Crippen molar-refractivity contribution in [3.05, 3.63) is 23.8 Å². The number of hydrogen-bond acceptors (Lipinski definition) is 2. The fourth-order valence-corrected chi connectivity index (χ4v) is 1.21. The van der Waals surface area contributed by atoms with Crippen molar-refractivity contribution in [2.75, 3.05) is 17.6 Å². The van der Waals surface area contributed by atoms with Gasteiger partial charge in [0.15, 0.2) is 0 Å². The Morgan fingerprint density at radius 3 is 2.16 bits per heavy atom. The maximum absolute atomic E-state index is 12.6. The van der Waals surface area contributed by atoms with E-state index < -0.39 is 36.3 Å². The normalized spacial score (nSPS) is 12.8. The highest BCUT2D eigenvalue weighted by Gasteiger charge is 2.40. The molecule has 0 saturated heterocycles. The average Bonchev–Trinajstić information content (AvgIpc) is 2.26. The van der Waals surface area contributed by atoms with Crippen LogP contribution in [0.4, 0.5) is 42.1 Å². The van der Waals surface area contributed by atoms with Crippen molar-refractivity contribution in [2.24, 2.45) is 0 Å². The van der Waals surface area contributed by atoms with Crippen LogP contribution < -0.4 is 11.1 Å². The van der Waals surface area contributed by atoms with Crippen molar-refractivity contribution in [3.63, 3.8) is 0 Å². The molecule has 108 valence electrons. The third-order valence-electron chi connectivity index (χ3n) is 2.21.